The van der Waals surface area contributed by atoms with Crippen molar-refractivity contribution in [2.24, 2.45) is 0 Å². The van der Waals surface area contributed by atoms with Crippen LogP contribution in [0.1, 0.15) is 28.1 Å². The van der Waals surface area contributed by atoms with Crippen LogP contribution in [0, 0.1) is 13.8 Å². The Morgan fingerprint density at radius 1 is 1.00 bits per heavy atom. The molecule has 0 aliphatic rings. The number of para-hydroxylation sites is 1. The topological polar surface area (TPSA) is 50.2 Å². The number of hydrogen-bond donors (Lipinski definition) is 1. The van der Waals surface area contributed by atoms with E-state index in [1.165, 1.54) is 5.56 Å². The van der Waals surface area contributed by atoms with Crippen LogP contribution in [0.25, 0.3) is 5.69 Å². The quantitative estimate of drug-likeness (QED) is 0.687. The first-order chi connectivity index (χ1) is 13.5. The summed E-state index contributed by atoms with van der Waals surface area (Å²) < 4.78 is 1.91. The molecule has 0 spiro atoms. The molecule has 3 rings (SSSR count). The van der Waals surface area contributed by atoms with Gasteiger partial charge in [-0.1, -0.05) is 42.5 Å². The zero-order chi connectivity index (χ0) is 20.1. The summed E-state index contributed by atoms with van der Waals surface area (Å²) >= 11 is 0. The molecule has 0 radical (unpaired) electrons. The molecule has 1 aromatic heterocycles. The maximum atomic E-state index is 12.6. The zero-order valence-corrected chi connectivity index (χ0v) is 17.1. The predicted octanol–water partition coefficient (Wildman–Crippen LogP) is 3.41. The van der Waals surface area contributed by atoms with Gasteiger partial charge in [-0.25, -0.2) is 4.68 Å². The van der Waals surface area contributed by atoms with Crippen molar-refractivity contribution in [1.82, 2.24) is 20.0 Å². The Morgan fingerprint density at radius 2 is 1.64 bits per heavy atom. The van der Waals surface area contributed by atoms with Crippen molar-refractivity contribution in [3.8, 4) is 5.69 Å². The highest BCUT2D eigenvalue weighted by Crippen LogP contribution is 2.18. The number of rotatable bonds is 7. The Labute approximate surface area is 167 Å². The normalized spacial score (nSPS) is 11.0. The van der Waals surface area contributed by atoms with Crippen LogP contribution >= 0.6 is 0 Å². The molecule has 0 saturated carbocycles. The SMILES string of the molecule is Cc1nn(-c2ccccc2)c(C)c1CC(=O)NCc1ccccc1CN(C)C. The largest absolute Gasteiger partial charge is 0.352 e. The zero-order valence-electron chi connectivity index (χ0n) is 17.1. The van der Waals surface area contributed by atoms with Crippen molar-refractivity contribution < 1.29 is 4.79 Å². The summed E-state index contributed by atoms with van der Waals surface area (Å²) in [6, 6.07) is 18.2. The number of amides is 1. The minimum absolute atomic E-state index is 0.0125. The maximum Gasteiger partial charge on any atom is 0.224 e. The number of nitrogens with zero attached hydrogens (tertiary/aromatic N) is 3. The Morgan fingerprint density at radius 3 is 2.32 bits per heavy atom. The van der Waals surface area contributed by atoms with E-state index in [0.717, 1.165) is 34.7 Å². The second-order valence-corrected chi connectivity index (χ2v) is 7.36. The van der Waals surface area contributed by atoms with Crippen molar-refractivity contribution in [1.29, 1.82) is 0 Å². The third kappa shape index (κ3) is 4.67. The number of benzene rings is 2. The first kappa shape index (κ1) is 19.8. The van der Waals surface area contributed by atoms with Crippen LogP contribution in [0.15, 0.2) is 54.6 Å². The minimum Gasteiger partial charge on any atom is -0.352 e. The van der Waals surface area contributed by atoms with E-state index in [9.17, 15) is 4.79 Å². The predicted molar refractivity (Wildman–Crippen MR) is 112 cm³/mol. The highest BCUT2D eigenvalue weighted by atomic mass is 16.1. The Bertz CT molecular complexity index is 944. The lowest BCUT2D eigenvalue weighted by atomic mass is 10.1. The third-order valence-electron chi connectivity index (χ3n) is 4.86. The fraction of sp³-hybridized carbons (Fsp3) is 0.304. The molecule has 1 heterocycles. The Balaban J connectivity index is 1.69. The molecule has 0 atom stereocenters. The van der Waals surface area contributed by atoms with Gasteiger partial charge in [0.1, 0.15) is 0 Å². The lowest BCUT2D eigenvalue weighted by molar-refractivity contribution is -0.120. The molecule has 1 N–H and O–H groups in total. The van der Waals surface area contributed by atoms with Crippen LogP contribution in [0.4, 0.5) is 0 Å². The van der Waals surface area contributed by atoms with Gasteiger partial charge < -0.3 is 10.2 Å². The average Bonchev–Trinajstić information content (AvgIpc) is 2.96. The van der Waals surface area contributed by atoms with Crippen molar-refractivity contribution in [3.63, 3.8) is 0 Å². The van der Waals surface area contributed by atoms with E-state index in [0.29, 0.717) is 13.0 Å². The van der Waals surface area contributed by atoms with Gasteiger partial charge in [-0.15, -0.1) is 0 Å². The third-order valence-corrected chi connectivity index (χ3v) is 4.86. The van der Waals surface area contributed by atoms with Gasteiger partial charge in [-0.05, 0) is 51.2 Å². The van der Waals surface area contributed by atoms with E-state index in [4.69, 9.17) is 0 Å². The van der Waals surface area contributed by atoms with E-state index < -0.39 is 0 Å². The van der Waals surface area contributed by atoms with Gasteiger partial charge in [-0.3, -0.25) is 4.79 Å². The highest BCUT2D eigenvalue weighted by molar-refractivity contribution is 5.79. The summed E-state index contributed by atoms with van der Waals surface area (Å²) in [6.07, 6.45) is 0.334. The summed E-state index contributed by atoms with van der Waals surface area (Å²) in [7, 11) is 4.09. The molecule has 1 amide bonds. The van der Waals surface area contributed by atoms with Gasteiger partial charge in [0.25, 0.3) is 0 Å². The molecule has 0 unspecified atom stereocenters. The van der Waals surface area contributed by atoms with Crippen LogP contribution in [0.2, 0.25) is 0 Å². The van der Waals surface area contributed by atoms with Gasteiger partial charge in [-0.2, -0.15) is 5.10 Å². The lowest BCUT2D eigenvalue weighted by Gasteiger charge is -2.14. The molecule has 0 aliphatic heterocycles. The fourth-order valence-corrected chi connectivity index (χ4v) is 3.39. The molecule has 5 heteroatoms. The Hall–Kier alpha value is -2.92. The Kier molecular flexibility index (Phi) is 6.26. The molecule has 0 saturated heterocycles. The van der Waals surface area contributed by atoms with Crippen molar-refractivity contribution in [2.75, 3.05) is 14.1 Å². The second-order valence-electron chi connectivity index (χ2n) is 7.36. The highest BCUT2D eigenvalue weighted by Gasteiger charge is 2.16. The number of aromatic nitrogens is 2. The van der Waals surface area contributed by atoms with Gasteiger partial charge in [0.2, 0.25) is 5.91 Å². The van der Waals surface area contributed by atoms with Crippen LogP contribution in [0.3, 0.4) is 0 Å². The van der Waals surface area contributed by atoms with E-state index in [2.05, 4.69) is 27.4 Å². The number of hydrogen-bond acceptors (Lipinski definition) is 3. The van der Waals surface area contributed by atoms with Gasteiger partial charge in [0.15, 0.2) is 0 Å². The molecule has 5 nitrogen and oxygen atoms in total. The summed E-state index contributed by atoms with van der Waals surface area (Å²) in [5.74, 6) is 0.0125. The molecular formula is C23H28N4O. The second kappa shape index (κ2) is 8.85. The standard InChI is InChI=1S/C23H28N4O/c1-17-22(18(2)27(25-17)21-12-6-5-7-13-21)14-23(28)24-15-19-10-8-9-11-20(19)16-26(3)4/h5-13H,14-16H2,1-4H3,(H,24,28). The van der Waals surface area contributed by atoms with Crippen LogP contribution in [0.5, 0.6) is 0 Å². The maximum absolute atomic E-state index is 12.6. The molecule has 2 aromatic carbocycles. The summed E-state index contributed by atoms with van der Waals surface area (Å²) in [4.78, 5) is 14.7. The first-order valence-electron chi connectivity index (χ1n) is 9.54. The molecule has 28 heavy (non-hydrogen) atoms. The van der Waals surface area contributed by atoms with E-state index in [1.54, 1.807) is 0 Å². The smallest absolute Gasteiger partial charge is 0.224 e. The van der Waals surface area contributed by atoms with E-state index >= 15 is 0 Å². The van der Waals surface area contributed by atoms with Gasteiger partial charge in [0, 0.05) is 24.3 Å². The summed E-state index contributed by atoms with van der Waals surface area (Å²) in [5, 5.41) is 7.70. The molecule has 0 fully saturated rings. The number of carbonyl (C=O) groups excluding carboxylic acids is 1. The van der Waals surface area contributed by atoms with Crippen molar-refractivity contribution in [3.05, 3.63) is 82.7 Å². The number of aryl methyl sites for hydroxylation is 1. The van der Waals surface area contributed by atoms with Gasteiger partial charge in [0.05, 0.1) is 17.8 Å². The molecule has 3 aromatic rings. The number of carbonyl (C=O) groups is 1. The summed E-state index contributed by atoms with van der Waals surface area (Å²) in [5.41, 5.74) is 6.28. The molecular weight excluding hydrogens is 348 g/mol. The van der Waals surface area contributed by atoms with Gasteiger partial charge >= 0.3 is 0 Å². The molecule has 0 bridgehead atoms. The lowest BCUT2D eigenvalue weighted by Crippen LogP contribution is -2.26. The van der Waals surface area contributed by atoms with Crippen molar-refractivity contribution in [2.45, 2.75) is 33.4 Å². The summed E-state index contributed by atoms with van der Waals surface area (Å²) in [6.45, 7) is 5.37. The van der Waals surface area contributed by atoms with Crippen LogP contribution in [-0.2, 0) is 24.3 Å². The first-order valence-corrected chi connectivity index (χ1v) is 9.54. The monoisotopic (exact) mass is 376 g/mol. The van der Waals surface area contributed by atoms with Crippen LogP contribution < -0.4 is 5.32 Å². The molecule has 0 aliphatic carbocycles. The number of nitrogens with one attached hydrogen (secondary N) is 1. The minimum atomic E-state index is 0.0125. The molecule has 146 valence electrons. The fourth-order valence-electron chi connectivity index (χ4n) is 3.39. The van der Waals surface area contributed by atoms with Crippen LogP contribution in [-0.4, -0.2) is 34.7 Å². The van der Waals surface area contributed by atoms with Crippen molar-refractivity contribution >= 4 is 5.91 Å². The van der Waals surface area contributed by atoms with E-state index in [-0.39, 0.29) is 5.91 Å². The average molecular weight is 377 g/mol. The van der Waals surface area contributed by atoms with E-state index in [1.807, 2.05) is 75.1 Å².